The molecule has 0 aromatic heterocycles. The Balaban J connectivity index is 3.00. The Labute approximate surface area is 90.7 Å². The molecule has 0 fully saturated rings. The molecular weight excluding hydrogens is 246 g/mol. The van der Waals surface area contributed by atoms with E-state index in [-0.39, 0.29) is 0 Å². The monoisotopic (exact) mass is 255 g/mol. The van der Waals surface area contributed by atoms with Crippen LogP contribution in [0.3, 0.4) is 0 Å². The van der Waals surface area contributed by atoms with E-state index < -0.39 is 5.91 Å². The van der Waals surface area contributed by atoms with Gasteiger partial charge in [-0.2, -0.15) is 0 Å². The molecule has 0 saturated heterocycles. The van der Waals surface area contributed by atoms with Gasteiger partial charge in [-0.3, -0.25) is 4.79 Å². The lowest BCUT2D eigenvalue weighted by atomic mass is 10.2. The third-order valence-corrected chi connectivity index (χ3v) is 2.35. The number of hydrogen-bond donors (Lipinski definition) is 1. The summed E-state index contributed by atoms with van der Waals surface area (Å²) in [6.45, 7) is 0. The van der Waals surface area contributed by atoms with Crippen molar-refractivity contribution in [3.05, 3.63) is 34.3 Å². The van der Waals surface area contributed by atoms with Crippen molar-refractivity contribution in [2.45, 2.75) is 0 Å². The fourth-order valence-corrected chi connectivity index (χ4v) is 1.33. The largest absolute Gasteiger partial charge is 0.497 e. The summed E-state index contributed by atoms with van der Waals surface area (Å²) >= 11 is 3.35. The van der Waals surface area contributed by atoms with Crippen molar-refractivity contribution in [3.8, 4) is 5.75 Å². The maximum atomic E-state index is 10.5. The average Bonchev–Trinajstić information content (AvgIpc) is 2.16. The summed E-state index contributed by atoms with van der Waals surface area (Å²) in [4.78, 5) is 10.5. The number of amides is 1. The van der Waals surface area contributed by atoms with Crippen LogP contribution < -0.4 is 10.5 Å². The molecule has 0 radical (unpaired) electrons. The first kappa shape index (κ1) is 10.8. The summed E-state index contributed by atoms with van der Waals surface area (Å²) in [5.74, 6) is 0.261. The van der Waals surface area contributed by atoms with Gasteiger partial charge in [-0.1, -0.05) is 15.9 Å². The third kappa shape index (κ3) is 2.88. The molecule has 0 atom stereocenters. The topological polar surface area (TPSA) is 52.3 Å². The number of benzene rings is 1. The van der Waals surface area contributed by atoms with Gasteiger partial charge in [-0.05, 0) is 29.8 Å². The molecule has 1 aromatic rings. The van der Waals surface area contributed by atoms with Gasteiger partial charge in [0.2, 0.25) is 5.91 Å². The second kappa shape index (κ2) is 4.81. The molecule has 3 nitrogen and oxygen atoms in total. The van der Waals surface area contributed by atoms with Gasteiger partial charge in [0.25, 0.3) is 0 Å². The number of methoxy groups -OCH3 is 1. The Kier molecular flexibility index (Phi) is 3.71. The van der Waals surface area contributed by atoms with Crippen molar-refractivity contribution in [1.82, 2.24) is 0 Å². The molecular formula is C10H10BrNO2. The zero-order chi connectivity index (χ0) is 10.6. The highest BCUT2D eigenvalue weighted by molar-refractivity contribution is 9.10. The van der Waals surface area contributed by atoms with Crippen molar-refractivity contribution in [2.75, 3.05) is 7.11 Å². The van der Waals surface area contributed by atoms with E-state index in [1.807, 2.05) is 18.2 Å². The van der Waals surface area contributed by atoms with Crippen LogP contribution in [0.2, 0.25) is 0 Å². The number of ether oxygens (including phenoxy) is 1. The van der Waals surface area contributed by atoms with Crippen LogP contribution >= 0.6 is 15.9 Å². The molecule has 0 spiro atoms. The predicted molar refractivity (Wildman–Crippen MR) is 58.9 cm³/mol. The van der Waals surface area contributed by atoms with Gasteiger partial charge in [-0.25, -0.2) is 0 Å². The summed E-state index contributed by atoms with van der Waals surface area (Å²) in [5.41, 5.74) is 5.84. The molecule has 0 bridgehead atoms. The van der Waals surface area contributed by atoms with Gasteiger partial charge in [0, 0.05) is 10.5 Å². The number of nitrogens with two attached hydrogens (primary N) is 1. The second-order valence-electron chi connectivity index (χ2n) is 2.62. The zero-order valence-electron chi connectivity index (χ0n) is 7.66. The number of carbonyl (C=O) groups excluding carboxylic acids is 1. The van der Waals surface area contributed by atoms with Crippen LogP contribution in [0.4, 0.5) is 0 Å². The molecule has 0 aliphatic rings. The second-order valence-corrected chi connectivity index (χ2v) is 3.48. The van der Waals surface area contributed by atoms with E-state index in [9.17, 15) is 4.79 Å². The molecule has 1 rings (SSSR count). The first-order valence-electron chi connectivity index (χ1n) is 3.94. The summed E-state index contributed by atoms with van der Waals surface area (Å²) in [7, 11) is 1.59. The quantitative estimate of drug-likeness (QED) is 0.840. The highest BCUT2D eigenvalue weighted by Gasteiger charge is 1.98. The molecule has 2 N–H and O–H groups in total. The van der Waals surface area contributed by atoms with Crippen molar-refractivity contribution in [1.29, 1.82) is 0 Å². The minimum absolute atomic E-state index is 0.472. The number of halogens is 1. The molecule has 14 heavy (non-hydrogen) atoms. The van der Waals surface area contributed by atoms with Crippen molar-refractivity contribution < 1.29 is 9.53 Å². The predicted octanol–water partition coefficient (Wildman–Crippen LogP) is 1.96. The van der Waals surface area contributed by atoms with E-state index in [0.717, 1.165) is 15.8 Å². The lowest BCUT2D eigenvalue weighted by Crippen LogP contribution is -2.05. The summed E-state index contributed by atoms with van der Waals surface area (Å²) < 4.78 is 5.93. The van der Waals surface area contributed by atoms with E-state index in [2.05, 4.69) is 15.9 Å². The molecule has 1 amide bonds. The third-order valence-electron chi connectivity index (χ3n) is 1.63. The fraction of sp³-hybridized carbons (Fsp3) is 0.100. The SMILES string of the molecule is COc1ccc(Br)c(C=CC(N)=O)c1. The zero-order valence-corrected chi connectivity index (χ0v) is 9.24. The van der Waals surface area contributed by atoms with Gasteiger partial charge in [0.15, 0.2) is 0 Å². The summed E-state index contributed by atoms with van der Waals surface area (Å²) in [5, 5.41) is 0. The molecule has 0 aliphatic heterocycles. The summed E-state index contributed by atoms with van der Waals surface area (Å²) in [6.07, 6.45) is 2.94. The smallest absolute Gasteiger partial charge is 0.241 e. The van der Waals surface area contributed by atoms with Crippen LogP contribution in [0.1, 0.15) is 5.56 Å². The fourth-order valence-electron chi connectivity index (χ4n) is 0.948. The van der Waals surface area contributed by atoms with E-state index in [1.165, 1.54) is 6.08 Å². The number of hydrogen-bond acceptors (Lipinski definition) is 2. The van der Waals surface area contributed by atoms with Crippen LogP contribution in [-0.4, -0.2) is 13.0 Å². The van der Waals surface area contributed by atoms with Gasteiger partial charge in [0.05, 0.1) is 7.11 Å². The highest BCUT2D eigenvalue weighted by atomic mass is 79.9. The molecule has 1 aromatic carbocycles. The first-order valence-corrected chi connectivity index (χ1v) is 4.74. The molecule has 0 aliphatic carbocycles. The van der Waals surface area contributed by atoms with Crippen LogP contribution in [0.5, 0.6) is 5.75 Å². The minimum atomic E-state index is -0.472. The van der Waals surface area contributed by atoms with E-state index >= 15 is 0 Å². The van der Waals surface area contributed by atoms with Crippen molar-refractivity contribution in [3.63, 3.8) is 0 Å². The number of carbonyl (C=O) groups is 1. The molecule has 0 heterocycles. The lowest BCUT2D eigenvalue weighted by molar-refractivity contribution is -0.113. The Morgan fingerprint density at radius 1 is 1.57 bits per heavy atom. The Hall–Kier alpha value is -1.29. The Morgan fingerprint density at radius 3 is 2.86 bits per heavy atom. The minimum Gasteiger partial charge on any atom is -0.497 e. The molecule has 4 heteroatoms. The summed E-state index contributed by atoms with van der Waals surface area (Å²) in [6, 6.07) is 5.48. The van der Waals surface area contributed by atoms with Crippen molar-refractivity contribution in [2.24, 2.45) is 5.73 Å². The normalized spacial score (nSPS) is 10.4. The van der Waals surface area contributed by atoms with E-state index in [4.69, 9.17) is 10.5 Å². The number of primary amides is 1. The first-order chi connectivity index (χ1) is 6.63. The number of rotatable bonds is 3. The van der Waals surface area contributed by atoms with E-state index in [1.54, 1.807) is 13.2 Å². The Bertz CT molecular complexity index is 374. The molecule has 0 unspecified atom stereocenters. The lowest BCUT2D eigenvalue weighted by Gasteiger charge is -2.02. The average molecular weight is 256 g/mol. The highest BCUT2D eigenvalue weighted by Crippen LogP contribution is 2.23. The van der Waals surface area contributed by atoms with Gasteiger partial charge in [-0.15, -0.1) is 0 Å². The van der Waals surface area contributed by atoms with Crippen LogP contribution in [0.25, 0.3) is 6.08 Å². The van der Waals surface area contributed by atoms with Gasteiger partial charge >= 0.3 is 0 Å². The maximum absolute atomic E-state index is 10.5. The van der Waals surface area contributed by atoms with Gasteiger partial charge < -0.3 is 10.5 Å². The standard InChI is InChI=1S/C10H10BrNO2/c1-14-8-3-4-9(11)7(6-8)2-5-10(12)13/h2-6H,1H3,(H2,12,13). The Morgan fingerprint density at radius 2 is 2.29 bits per heavy atom. The van der Waals surface area contributed by atoms with E-state index in [0.29, 0.717) is 0 Å². The maximum Gasteiger partial charge on any atom is 0.241 e. The van der Waals surface area contributed by atoms with Crippen LogP contribution in [0.15, 0.2) is 28.7 Å². The van der Waals surface area contributed by atoms with Crippen LogP contribution in [0, 0.1) is 0 Å². The van der Waals surface area contributed by atoms with Gasteiger partial charge in [0.1, 0.15) is 5.75 Å². The molecule has 0 saturated carbocycles. The van der Waals surface area contributed by atoms with Crippen molar-refractivity contribution >= 4 is 27.9 Å². The molecule has 74 valence electrons. The van der Waals surface area contributed by atoms with Crippen LogP contribution in [-0.2, 0) is 4.79 Å².